The number of hydrogen-bond donors (Lipinski definition) is 0. The van der Waals surface area contributed by atoms with Crippen LogP contribution in [0.5, 0.6) is 0 Å². The molecule has 0 radical (unpaired) electrons. The lowest BCUT2D eigenvalue weighted by atomic mass is 10.1. The fourth-order valence-corrected chi connectivity index (χ4v) is 2.80. The second kappa shape index (κ2) is 7.53. The van der Waals surface area contributed by atoms with Crippen molar-refractivity contribution in [1.82, 2.24) is 19.8 Å². The standard InChI is InChI=1S/C18H17N5O2/c19-12-14-3-1-4-15(11-14)17(24)22-7-2-8-23(10-9-22)18(25)16-13-20-5-6-21-16/h1,3-6,11,13H,2,7-10H2. The zero-order chi connectivity index (χ0) is 17.6. The third kappa shape index (κ3) is 3.80. The van der Waals surface area contributed by atoms with Crippen molar-refractivity contribution in [3.05, 3.63) is 59.7 Å². The Morgan fingerprint density at radius 1 is 1.04 bits per heavy atom. The van der Waals surface area contributed by atoms with E-state index in [2.05, 4.69) is 9.97 Å². The van der Waals surface area contributed by atoms with Gasteiger partial charge in [0.15, 0.2) is 0 Å². The van der Waals surface area contributed by atoms with E-state index in [0.29, 0.717) is 49.4 Å². The summed E-state index contributed by atoms with van der Waals surface area (Å²) in [5.74, 6) is -0.292. The van der Waals surface area contributed by atoms with E-state index in [-0.39, 0.29) is 11.8 Å². The second-order valence-corrected chi connectivity index (χ2v) is 5.72. The van der Waals surface area contributed by atoms with Gasteiger partial charge < -0.3 is 9.80 Å². The van der Waals surface area contributed by atoms with Crippen LogP contribution in [-0.2, 0) is 0 Å². The number of carbonyl (C=O) groups is 2. The first-order chi connectivity index (χ1) is 12.2. The molecule has 0 atom stereocenters. The van der Waals surface area contributed by atoms with Crippen molar-refractivity contribution in [2.24, 2.45) is 0 Å². The molecule has 0 spiro atoms. The molecule has 1 aromatic carbocycles. The smallest absolute Gasteiger partial charge is 0.274 e. The Bertz CT molecular complexity index is 816. The van der Waals surface area contributed by atoms with Gasteiger partial charge in [0.05, 0.1) is 17.8 Å². The summed E-state index contributed by atoms with van der Waals surface area (Å²) >= 11 is 0. The summed E-state index contributed by atoms with van der Waals surface area (Å²) in [6, 6.07) is 8.71. The molecule has 0 saturated carbocycles. The number of carbonyl (C=O) groups excluding carboxylic acids is 2. The molecule has 0 aliphatic carbocycles. The summed E-state index contributed by atoms with van der Waals surface area (Å²) < 4.78 is 0. The van der Waals surface area contributed by atoms with Crippen molar-refractivity contribution >= 4 is 11.8 Å². The Hall–Kier alpha value is -3.27. The van der Waals surface area contributed by atoms with E-state index >= 15 is 0 Å². The van der Waals surface area contributed by atoms with Gasteiger partial charge in [0.1, 0.15) is 5.69 Å². The molecule has 1 fully saturated rings. The average molecular weight is 335 g/mol. The van der Waals surface area contributed by atoms with Crippen LogP contribution in [0.2, 0.25) is 0 Å². The lowest BCUT2D eigenvalue weighted by Crippen LogP contribution is -2.37. The van der Waals surface area contributed by atoms with E-state index < -0.39 is 0 Å². The number of amides is 2. The van der Waals surface area contributed by atoms with Crippen molar-refractivity contribution < 1.29 is 9.59 Å². The molecule has 25 heavy (non-hydrogen) atoms. The fourth-order valence-electron chi connectivity index (χ4n) is 2.80. The number of benzene rings is 1. The van der Waals surface area contributed by atoms with Crippen molar-refractivity contribution in [1.29, 1.82) is 5.26 Å². The third-order valence-corrected chi connectivity index (χ3v) is 4.09. The van der Waals surface area contributed by atoms with E-state index in [1.165, 1.54) is 18.6 Å². The molecular weight excluding hydrogens is 318 g/mol. The minimum atomic E-state index is -0.172. The van der Waals surface area contributed by atoms with Crippen molar-refractivity contribution in [3.8, 4) is 6.07 Å². The van der Waals surface area contributed by atoms with Gasteiger partial charge in [-0.1, -0.05) is 6.07 Å². The topological polar surface area (TPSA) is 90.2 Å². The number of rotatable bonds is 2. The lowest BCUT2D eigenvalue weighted by Gasteiger charge is -2.22. The Labute approximate surface area is 145 Å². The van der Waals surface area contributed by atoms with Gasteiger partial charge in [-0.3, -0.25) is 14.6 Å². The van der Waals surface area contributed by atoms with Crippen LogP contribution in [0.3, 0.4) is 0 Å². The molecule has 1 aliphatic heterocycles. The molecule has 7 nitrogen and oxygen atoms in total. The molecule has 126 valence electrons. The van der Waals surface area contributed by atoms with Crippen molar-refractivity contribution in [3.63, 3.8) is 0 Å². The molecule has 1 saturated heterocycles. The van der Waals surface area contributed by atoms with Crippen LogP contribution in [0.25, 0.3) is 0 Å². The minimum absolute atomic E-state index is 0.120. The van der Waals surface area contributed by atoms with Crippen LogP contribution >= 0.6 is 0 Å². The maximum absolute atomic E-state index is 12.7. The monoisotopic (exact) mass is 335 g/mol. The van der Waals surface area contributed by atoms with Crippen LogP contribution in [0.4, 0.5) is 0 Å². The average Bonchev–Trinajstić information content (AvgIpc) is 2.94. The van der Waals surface area contributed by atoms with Gasteiger partial charge in [0.2, 0.25) is 0 Å². The van der Waals surface area contributed by atoms with Crippen molar-refractivity contribution in [2.45, 2.75) is 6.42 Å². The molecule has 1 aliphatic rings. The zero-order valence-electron chi connectivity index (χ0n) is 13.6. The fraction of sp³-hybridized carbons (Fsp3) is 0.278. The van der Waals surface area contributed by atoms with Crippen LogP contribution in [0.1, 0.15) is 32.8 Å². The molecule has 0 N–H and O–H groups in total. The predicted octanol–water partition coefficient (Wildman–Crippen LogP) is 1.34. The quantitative estimate of drug-likeness (QED) is 0.826. The molecule has 1 aromatic heterocycles. The highest BCUT2D eigenvalue weighted by Gasteiger charge is 2.24. The summed E-state index contributed by atoms with van der Waals surface area (Å²) in [4.78, 5) is 36.5. The minimum Gasteiger partial charge on any atom is -0.337 e. The number of nitriles is 1. The Balaban J connectivity index is 1.68. The normalized spacial score (nSPS) is 14.5. The number of hydrogen-bond acceptors (Lipinski definition) is 5. The first-order valence-corrected chi connectivity index (χ1v) is 8.04. The molecular formula is C18H17N5O2. The summed E-state index contributed by atoms with van der Waals surface area (Å²) in [6.45, 7) is 2.03. The Morgan fingerprint density at radius 2 is 1.80 bits per heavy atom. The van der Waals surface area contributed by atoms with E-state index in [1.54, 1.807) is 34.1 Å². The first kappa shape index (κ1) is 16.6. The zero-order valence-corrected chi connectivity index (χ0v) is 13.6. The first-order valence-electron chi connectivity index (χ1n) is 8.04. The SMILES string of the molecule is N#Cc1cccc(C(=O)N2CCCN(C(=O)c3cnccn3)CC2)c1. The molecule has 2 aromatic rings. The van der Waals surface area contributed by atoms with Gasteiger partial charge in [-0.2, -0.15) is 5.26 Å². The molecule has 2 amide bonds. The maximum Gasteiger partial charge on any atom is 0.274 e. The number of nitrogens with zero attached hydrogens (tertiary/aromatic N) is 5. The molecule has 3 rings (SSSR count). The van der Waals surface area contributed by atoms with E-state index in [9.17, 15) is 9.59 Å². The van der Waals surface area contributed by atoms with Crippen LogP contribution in [0.15, 0.2) is 42.9 Å². The Morgan fingerprint density at radius 3 is 2.48 bits per heavy atom. The maximum atomic E-state index is 12.7. The van der Waals surface area contributed by atoms with Gasteiger partial charge >= 0.3 is 0 Å². The summed E-state index contributed by atoms with van der Waals surface area (Å²) in [5, 5.41) is 8.97. The highest BCUT2D eigenvalue weighted by Crippen LogP contribution is 2.12. The summed E-state index contributed by atoms with van der Waals surface area (Å²) in [7, 11) is 0. The molecule has 0 bridgehead atoms. The van der Waals surface area contributed by atoms with Gasteiger partial charge in [0, 0.05) is 44.1 Å². The highest BCUT2D eigenvalue weighted by atomic mass is 16.2. The van der Waals surface area contributed by atoms with Crippen LogP contribution < -0.4 is 0 Å². The summed E-state index contributed by atoms with van der Waals surface area (Å²) in [6.07, 6.45) is 5.15. The van der Waals surface area contributed by atoms with Gasteiger partial charge in [-0.25, -0.2) is 4.98 Å². The van der Waals surface area contributed by atoms with E-state index in [1.807, 2.05) is 6.07 Å². The predicted molar refractivity (Wildman–Crippen MR) is 89.6 cm³/mol. The van der Waals surface area contributed by atoms with Gasteiger partial charge in [0.25, 0.3) is 11.8 Å². The van der Waals surface area contributed by atoms with Crippen LogP contribution in [0, 0.1) is 11.3 Å². The third-order valence-electron chi connectivity index (χ3n) is 4.09. The Kier molecular flexibility index (Phi) is 5.00. The molecule has 2 heterocycles. The number of aromatic nitrogens is 2. The highest BCUT2D eigenvalue weighted by molar-refractivity contribution is 5.95. The lowest BCUT2D eigenvalue weighted by molar-refractivity contribution is 0.0715. The van der Waals surface area contributed by atoms with Crippen LogP contribution in [-0.4, -0.2) is 57.8 Å². The van der Waals surface area contributed by atoms with Gasteiger partial charge in [-0.05, 0) is 24.6 Å². The molecule has 7 heteroatoms. The molecule has 0 unspecified atom stereocenters. The summed E-state index contributed by atoms with van der Waals surface area (Å²) in [5.41, 5.74) is 1.26. The van der Waals surface area contributed by atoms with Gasteiger partial charge in [-0.15, -0.1) is 0 Å². The van der Waals surface area contributed by atoms with Crippen molar-refractivity contribution in [2.75, 3.05) is 26.2 Å². The second-order valence-electron chi connectivity index (χ2n) is 5.72. The largest absolute Gasteiger partial charge is 0.337 e. The van der Waals surface area contributed by atoms with E-state index in [4.69, 9.17) is 5.26 Å². The van der Waals surface area contributed by atoms with E-state index in [0.717, 1.165) is 0 Å².